The summed E-state index contributed by atoms with van der Waals surface area (Å²) in [5.41, 5.74) is 8.24. The van der Waals surface area contributed by atoms with Gasteiger partial charge in [-0.05, 0) is 53.8 Å². The van der Waals surface area contributed by atoms with Crippen molar-refractivity contribution in [3.8, 4) is 0 Å². The first-order chi connectivity index (χ1) is 17.7. The minimum Gasteiger partial charge on any atom is -0.384 e. The molecule has 0 aliphatic heterocycles. The molecule has 1 atom stereocenters. The fourth-order valence-electron chi connectivity index (χ4n) is 3.42. The molecule has 0 saturated carbocycles. The first-order valence-electron chi connectivity index (χ1n) is 11.5. The van der Waals surface area contributed by atoms with Crippen LogP contribution in [0, 0.1) is 5.41 Å². The maximum absolute atomic E-state index is 12.9. The molecule has 0 fully saturated rings. The number of nitrogens with zero attached hydrogens (tertiary/aromatic N) is 2. The number of carbonyl (C=O) groups excluding carboxylic acids is 2. The van der Waals surface area contributed by atoms with Crippen molar-refractivity contribution in [2.24, 2.45) is 5.73 Å². The van der Waals surface area contributed by atoms with Gasteiger partial charge in [0, 0.05) is 36.9 Å². The van der Waals surface area contributed by atoms with Crippen molar-refractivity contribution in [3.63, 3.8) is 0 Å². The van der Waals surface area contributed by atoms with E-state index in [4.69, 9.17) is 11.1 Å². The monoisotopic (exact) mass is 523 g/mol. The van der Waals surface area contributed by atoms with Crippen LogP contribution in [0.25, 0.3) is 0 Å². The van der Waals surface area contributed by atoms with Crippen molar-refractivity contribution >= 4 is 27.7 Å². The van der Waals surface area contributed by atoms with Crippen molar-refractivity contribution in [1.29, 1.82) is 5.41 Å². The lowest BCUT2D eigenvalue weighted by molar-refractivity contribution is -0.127. The average Bonchev–Trinajstić information content (AvgIpc) is 2.89. The molecule has 2 aromatic heterocycles. The van der Waals surface area contributed by atoms with Gasteiger partial charge >= 0.3 is 0 Å². The van der Waals surface area contributed by atoms with E-state index in [-0.39, 0.29) is 31.1 Å². The second kappa shape index (κ2) is 13.2. The highest BCUT2D eigenvalue weighted by molar-refractivity contribution is 7.88. The summed E-state index contributed by atoms with van der Waals surface area (Å²) in [6, 6.07) is 12.5. The van der Waals surface area contributed by atoms with E-state index in [1.807, 2.05) is 0 Å². The van der Waals surface area contributed by atoms with Crippen LogP contribution in [0.2, 0.25) is 0 Å². The van der Waals surface area contributed by atoms with Crippen molar-refractivity contribution < 1.29 is 18.0 Å². The Morgan fingerprint density at radius 3 is 2.05 bits per heavy atom. The molecule has 0 radical (unpaired) electrons. The van der Waals surface area contributed by atoms with Crippen LogP contribution >= 0.6 is 0 Å². The number of sulfonamides is 1. The first kappa shape index (κ1) is 27.4. The predicted octanol–water partition coefficient (Wildman–Crippen LogP) is 0.614. The van der Waals surface area contributed by atoms with Gasteiger partial charge < -0.3 is 16.4 Å². The average molecular weight is 524 g/mol. The number of carbonyl (C=O) groups is 2. The zero-order chi connectivity index (χ0) is 26.7. The SMILES string of the molecule is N=C(N)c1ccc(CNC(=O)CNC(=O)C(CCc2ccncc2)NS(=O)(=O)Cc2ccncc2)cc1. The minimum atomic E-state index is -3.85. The lowest BCUT2D eigenvalue weighted by atomic mass is 10.1. The van der Waals surface area contributed by atoms with Gasteiger partial charge in [0.15, 0.2) is 0 Å². The summed E-state index contributed by atoms with van der Waals surface area (Å²) in [7, 11) is -3.85. The first-order valence-corrected chi connectivity index (χ1v) is 13.1. The summed E-state index contributed by atoms with van der Waals surface area (Å²) >= 11 is 0. The minimum absolute atomic E-state index is 0.0480. The number of nitrogens with one attached hydrogen (secondary N) is 4. The second-order valence-electron chi connectivity index (χ2n) is 8.28. The van der Waals surface area contributed by atoms with Crippen LogP contribution in [0.1, 0.15) is 28.7 Å². The molecule has 0 aliphatic carbocycles. The molecule has 3 rings (SSSR count). The molecule has 0 saturated heterocycles. The Bertz CT molecular complexity index is 1300. The van der Waals surface area contributed by atoms with E-state index >= 15 is 0 Å². The van der Waals surface area contributed by atoms with Gasteiger partial charge in [-0.3, -0.25) is 25.0 Å². The van der Waals surface area contributed by atoms with Crippen LogP contribution < -0.4 is 21.1 Å². The van der Waals surface area contributed by atoms with Gasteiger partial charge in [0.05, 0.1) is 12.3 Å². The molecule has 2 amide bonds. The van der Waals surface area contributed by atoms with E-state index in [1.54, 1.807) is 60.9 Å². The zero-order valence-corrected chi connectivity index (χ0v) is 20.9. The standard InChI is InChI=1S/C25H29N7O4S/c26-24(27)21-4-1-19(2-5-21)15-30-23(33)16-31-25(34)22(6-3-18-7-11-28-12-8-18)32-37(35,36)17-20-9-13-29-14-10-20/h1-2,4-5,7-14,22,32H,3,6,15-17H2,(H3,26,27)(H,30,33)(H,31,34). The van der Waals surface area contributed by atoms with E-state index in [9.17, 15) is 18.0 Å². The number of pyridine rings is 2. The Hall–Kier alpha value is -4.16. The van der Waals surface area contributed by atoms with Gasteiger partial charge in [0.2, 0.25) is 21.8 Å². The number of rotatable bonds is 13. The predicted molar refractivity (Wildman–Crippen MR) is 139 cm³/mol. The Balaban J connectivity index is 1.57. The summed E-state index contributed by atoms with van der Waals surface area (Å²) in [5.74, 6) is -1.39. The molecule has 12 heteroatoms. The van der Waals surface area contributed by atoms with Gasteiger partial charge in [-0.2, -0.15) is 0 Å². The van der Waals surface area contributed by atoms with Crippen molar-refractivity contribution in [1.82, 2.24) is 25.3 Å². The third kappa shape index (κ3) is 9.43. The van der Waals surface area contributed by atoms with Crippen molar-refractivity contribution in [3.05, 3.63) is 95.6 Å². The van der Waals surface area contributed by atoms with E-state index in [1.165, 1.54) is 12.4 Å². The number of hydrogen-bond acceptors (Lipinski definition) is 7. The summed E-state index contributed by atoms with van der Waals surface area (Å²) in [5, 5.41) is 12.6. The summed E-state index contributed by atoms with van der Waals surface area (Å²) in [6.45, 7) is -0.0981. The van der Waals surface area contributed by atoms with E-state index < -0.39 is 27.9 Å². The molecule has 0 aliphatic rings. The van der Waals surface area contributed by atoms with E-state index in [0.29, 0.717) is 17.5 Å². The largest absolute Gasteiger partial charge is 0.384 e. The topological polar surface area (TPSA) is 180 Å². The molecule has 1 aromatic carbocycles. The number of amides is 2. The molecular weight excluding hydrogens is 494 g/mol. The summed E-state index contributed by atoms with van der Waals surface area (Å²) in [4.78, 5) is 33.0. The fraction of sp³-hybridized carbons (Fsp3) is 0.240. The van der Waals surface area contributed by atoms with E-state index in [2.05, 4.69) is 25.3 Å². The summed E-state index contributed by atoms with van der Waals surface area (Å²) < 4.78 is 28.0. The molecule has 2 heterocycles. The highest BCUT2D eigenvalue weighted by atomic mass is 32.2. The number of nitrogens with two attached hydrogens (primary N) is 1. The third-order valence-electron chi connectivity index (χ3n) is 5.39. The maximum Gasteiger partial charge on any atom is 0.239 e. The Kier molecular flexibility index (Phi) is 9.81. The molecule has 194 valence electrons. The van der Waals surface area contributed by atoms with Crippen molar-refractivity contribution in [2.45, 2.75) is 31.2 Å². The maximum atomic E-state index is 12.9. The van der Waals surface area contributed by atoms with Gasteiger partial charge in [0.25, 0.3) is 0 Å². The molecule has 1 unspecified atom stereocenters. The molecule has 6 N–H and O–H groups in total. The Morgan fingerprint density at radius 2 is 1.46 bits per heavy atom. The van der Waals surface area contributed by atoms with Crippen LogP contribution in [0.4, 0.5) is 0 Å². The van der Waals surface area contributed by atoms with Crippen LogP contribution in [-0.2, 0) is 38.3 Å². The number of hydrogen-bond donors (Lipinski definition) is 5. The lowest BCUT2D eigenvalue weighted by Gasteiger charge is -2.19. The summed E-state index contributed by atoms with van der Waals surface area (Å²) in [6.07, 6.45) is 6.85. The smallest absolute Gasteiger partial charge is 0.239 e. The van der Waals surface area contributed by atoms with Gasteiger partial charge in [-0.1, -0.05) is 24.3 Å². The van der Waals surface area contributed by atoms with Gasteiger partial charge in [-0.15, -0.1) is 0 Å². The molecule has 0 spiro atoms. The number of benzene rings is 1. The quantitative estimate of drug-likeness (QED) is 0.161. The Morgan fingerprint density at radius 1 is 0.865 bits per heavy atom. The van der Waals surface area contributed by atoms with Gasteiger partial charge in [-0.25, -0.2) is 13.1 Å². The molecule has 37 heavy (non-hydrogen) atoms. The highest BCUT2D eigenvalue weighted by Crippen LogP contribution is 2.09. The van der Waals surface area contributed by atoms with Crippen LogP contribution in [0.3, 0.4) is 0 Å². The van der Waals surface area contributed by atoms with Crippen LogP contribution in [-0.4, -0.2) is 48.6 Å². The number of aryl methyl sites for hydroxylation is 1. The number of amidine groups is 1. The molecular formula is C25H29N7O4S. The second-order valence-corrected chi connectivity index (χ2v) is 10.0. The lowest BCUT2D eigenvalue weighted by Crippen LogP contribution is -2.49. The van der Waals surface area contributed by atoms with Crippen LogP contribution in [0.15, 0.2) is 73.3 Å². The normalized spacial score (nSPS) is 11.9. The van der Waals surface area contributed by atoms with Gasteiger partial charge in [0.1, 0.15) is 11.9 Å². The number of nitrogen functional groups attached to an aromatic ring is 1. The van der Waals surface area contributed by atoms with Crippen LogP contribution in [0.5, 0.6) is 0 Å². The molecule has 0 bridgehead atoms. The number of aromatic nitrogens is 2. The molecule has 3 aromatic rings. The highest BCUT2D eigenvalue weighted by Gasteiger charge is 2.25. The van der Waals surface area contributed by atoms with E-state index in [0.717, 1.165) is 11.1 Å². The molecule has 11 nitrogen and oxygen atoms in total. The Labute approximate surface area is 215 Å². The third-order valence-corrected chi connectivity index (χ3v) is 6.75. The zero-order valence-electron chi connectivity index (χ0n) is 20.1. The van der Waals surface area contributed by atoms with Crippen molar-refractivity contribution in [2.75, 3.05) is 6.54 Å². The fourth-order valence-corrected chi connectivity index (χ4v) is 4.79.